The number of benzene rings is 1. The number of anilines is 1. The van der Waals surface area contributed by atoms with Crippen molar-refractivity contribution in [2.45, 2.75) is 18.9 Å². The van der Waals surface area contributed by atoms with E-state index in [9.17, 15) is 4.79 Å². The Morgan fingerprint density at radius 1 is 1.24 bits per heavy atom. The van der Waals surface area contributed by atoms with Crippen molar-refractivity contribution in [3.63, 3.8) is 0 Å². The second-order valence-electron chi connectivity index (χ2n) is 5.84. The number of rotatable bonds is 6. The zero-order valence-corrected chi connectivity index (χ0v) is 14.2. The van der Waals surface area contributed by atoms with Gasteiger partial charge in [0.25, 0.3) is 5.91 Å². The molecule has 1 N–H and O–H groups in total. The number of methoxy groups -OCH3 is 1. The minimum Gasteiger partial charge on any atom is -0.493 e. The molecule has 0 radical (unpaired) electrons. The molecule has 2 aromatic rings. The smallest absolute Gasteiger partial charge is 0.258 e. The molecule has 2 heterocycles. The topological polar surface area (TPSA) is 76.6 Å². The molecule has 1 fully saturated rings. The van der Waals surface area contributed by atoms with Crippen LogP contribution in [0.4, 0.5) is 5.95 Å². The molecule has 1 amide bonds. The fraction of sp³-hybridized carbons (Fsp3) is 0.389. The summed E-state index contributed by atoms with van der Waals surface area (Å²) in [6.45, 7) is 1.55. The number of nitrogens with zero attached hydrogens (tertiary/aromatic N) is 3. The molecule has 1 atom stereocenters. The van der Waals surface area contributed by atoms with Gasteiger partial charge in [-0.3, -0.25) is 4.79 Å². The Hall–Kier alpha value is -2.83. The van der Waals surface area contributed by atoms with Crippen molar-refractivity contribution < 1.29 is 14.3 Å². The zero-order valence-electron chi connectivity index (χ0n) is 14.2. The predicted octanol–water partition coefficient (Wildman–Crippen LogP) is 1.65. The summed E-state index contributed by atoms with van der Waals surface area (Å²) in [6, 6.07) is 9.13. The third-order valence-corrected chi connectivity index (χ3v) is 4.05. The van der Waals surface area contributed by atoms with Crippen LogP contribution >= 0.6 is 0 Å². The Morgan fingerprint density at radius 3 is 2.76 bits per heavy atom. The number of carbonyl (C=O) groups is 1. The van der Waals surface area contributed by atoms with E-state index in [2.05, 4.69) is 20.2 Å². The molecule has 0 saturated carbocycles. The lowest BCUT2D eigenvalue weighted by molar-refractivity contribution is -0.123. The molecule has 0 spiro atoms. The van der Waals surface area contributed by atoms with Crippen LogP contribution in [-0.4, -0.2) is 48.7 Å². The summed E-state index contributed by atoms with van der Waals surface area (Å²) in [5, 5.41) is 3.02. The number of aromatic nitrogens is 2. The summed E-state index contributed by atoms with van der Waals surface area (Å²) in [4.78, 5) is 22.8. The van der Waals surface area contributed by atoms with Gasteiger partial charge in [0.05, 0.1) is 7.11 Å². The fourth-order valence-corrected chi connectivity index (χ4v) is 2.88. The number of ether oxygens (including phenoxy) is 2. The Bertz CT molecular complexity index is 696. The summed E-state index contributed by atoms with van der Waals surface area (Å²) in [5.41, 5.74) is 0. The molecule has 0 unspecified atom stereocenters. The maximum absolute atomic E-state index is 12.2. The number of para-hydroxylation sites is 2. The molecule has 1 saturated heterocycles. The van der Waals surface area contributed by atoms with E-state index in [1.54, 1.807) is 37.7 Å². The van der Waals surface area contributed by atoms with Crippen LogP contribution in [0.25, 0.3) is 0 Å². The van der Waals surface area contributed by atoms with Crippen molar-refractivity contribution in [3.05, 3.63) is 42.7 Å². The van der Waals surface area contributed by atoms with E-state index in [1.165, 1.54) is 0 Å². The van der Waals surface area contributed by atoms with Crippen LogP contribution in [0.5, 0.6) is 11.5 Å². The van der Waals surface area contributed by atoms with Gasteiger partial charge in [-0.2, -0.15) is 0 Å². The summed E-state index contributed by atoms with van der Waals surface area (Å²) < 4.78 is 10.8. The monoisotopic (exact) mass is 342 g/mol. The third kappa shape index (κ3) is 4.59. The van der Waals surface area contributed by atoms with E-state index < -0.39 is 0 Å². The number of hydrogen-bond donors (Lipinski definition) is 1. The molecular formula is C18H22N4O3. The molecule has 7 nitrogen and oxygen atoms in total. The highest BCUT2D eigenvalue weighted by Crippen LogP contribution is 2.25. The minimum atomic E-state index is -0.147. The van der Waals surface area contributed by atoms with Crippen LogP contribution in [-0.2, 0) is 4.79 Å². The standard InChI is InChI=1S/C18H22N4O3/c1-24-15-7-2-3-8-16(15)25-13-17(23)21-14-6-4-11-22(12-14)18-19-9-5-10-20-18/h2-3,5,7-10,14H,4,6,11-13H2,1H3,(H,21,23)/t14-/m0/s1. The molecular weight excluding hydrogens is 320 g/mol. The van der Waals surface area contributed by atoms with Crippen molar-refractivity contribution >= 4 is 11.9 Å². The molecule has 25 heavy (non-hydrogen) atoms. The molecule has 0 bridgehead atoms. The van der Waals surface area contributed by atoms with Crippen LogP contribution in [0.3, 0.4) is 0 Å². The van der Waals surface area contributed by atoms with Gasteiger partial charge >= 0.3 is 0 Å². The Balaban J connectivity index is 1.51. The second kappa shape index (κ2) is 8.32. The average Bonchev–Trinajstić information content (AvgIpc) is 2.67. The molecule has 0 aliphatic carbocycles. The highest BCUT2D eigenvalue weighted by atomic mass is 16.5. The van der Waals surface area contributed by atoms with Gasteiger partial charge in [-0.1, -0.05) is 12.1 Å². The number of nitrogens with one attached hydrogen (secondary N) is 1. The van der Waals surface area contributed by atoms with Gasteiger partial charge < -0.3 is 19.7 Å². The van der Waals surface area contributed by atoms with Gasteiger partial charge in [-0.15, -0.1) is 0 Å². The highest BCUT2D eigenvalue weighted by Gasteiger charge is 2.23. The van der Waals surface area contributed by atoms with Gasteiger partial charge in [0.1, 0.15) is 0 Å². The van der Waals surface area contributed by atoms with Gasteiger partial charge in [-0.25, -0.2) is 9.97 Å². The Labute approximate surface area is 147 Å². The first-order chi connectivity index (χ1) is 12.3. The largest absolute Gasteiger partial charge is 0.493 e. The van der Waals surface area contributed by atoms with Crippen LogP contribution in [0, 0.1) is 0 Å². The summed E-state index contributed by atoms with van der Waals surface area (Å²) >= 11 is 0. The van der Waals surface area contributed by atoms with Crippen molar-refractivity contribution in [1.29, 1.82) is 0 Å². The Kier molecular flexibility index (Phi) is 5.66. The maximum atomic E-state index is 12.2. The molecule has 3 rings (SSSR count). The first kappa shape index (κ1) is 17.0. The van der Waals surface area contributed by atoms with Crippen molar-refractivity contribution in [2.24, 2.45) is 0 Å². The SMILES string of the molecule is COc1ccccc1OCC(=O)N[C@H]1CCCN(c2ncccn2)C1. The number of amides is 1. The lowest BCUT2D eigenvalue weighted by Gasteiger charge is -2.33. The van der Waals surface area contributed by atoms with Crippen molar-refractivity contribution in [3.8, 4) is 11.5 Å². The molecule has 1 aliphatic rings. The molecule has 1 aliphatic heterocycles. The van der Waals surface area contributed by atoms with E-state index in [4.69, 9.17) is 9.47 Å². The van der Waals surface area contributed by atoms with Crippen LogP contribution in [0.2, 0.25) is 0 Å². The molecule has 7 heteroatoms. The summed E-state index contributed by atoms with van der Waals surface area (Å²) in [6.07, 6.45) is 5.37. The predicted molar refractivity (Wildman–Crippen MR) is 93.9 cm³/mol. The maximum Gasteiger partial charge on any atom is 0.258 e. The lowest BCUT2D eigenvalue weighted by atomic mass is 10.1. The first-order valence-electron chi connectivity index (χ1n) is 8.33. The Morgan fingerprint density at radius 2 is 2.00 bits per heavy atom. The highest BCUT2D eigenvalue weighted by molar-refractivity contribution is 5.78. The number of piperidine rings is 1. The average molecular weight is 342 g/mol. The molecule has 132 valence electrons. The molecule has 1 aromatic heterocycles. The minimum absolute atomic E-state index is 0.0429. The van der Waals surface area contributed by atoms with Gasteiger partial charge in [0, 0.05) is 31.5 Å². The van der Waals surface area contributed by atoms with E-state index >= 15 is 0 Å². The van der Waals surface area contributed by atoms with Gasteiger partial charge in [-0.05, 0) is 31.0 Å². The summed E-state index contributed by atoms with van der Waals surface area (Å²) in [5.74, 6) is 1.72. The van der Waals surface area contributed by atoms with Crippen molar-refractivity contribution in [1.82, 2.24) is 15.3 Å². The van der Waals surface area contributed by atoms with E-state index in [0.717, 1.165) is 19.4 Å². The van der Waals surface area contributed by atoms with E-state index in [0.29, 0.717) is 24.0 Å². The van der Waals surface area contributed by atoms with Crippen LogP contribution in [0.1, 0.15) is 12.8 Å². The van der Waals surface area contributed by atoms with Gasteiger partial charge in [0.2, 0.25) is 5.95 Å². The van der Waals surface area contributed by atoms with Crippen LogP contribution < -0.4 is 19.7 Å². The number of hydrogen-bond acceptors (Lipinski definition) is 6. The molecule has 1 aromatic carbocycles. The second-order valence-corrected chi connectivity index (χ2v) is 5.84. The lowest BCUT2D eigenvalue weighted by Crippen LogP contribution is -2.49. The first-order valence-corrected chi connectivity index (χ1v) is 8.33. The normalized spacial score (nSPS) is 17.0. The van der Waals surface area contributed by atoms with Gasteiger partial charge in [0.15, 0.2) is 18.1 Å². The fourth-order valence-electron chi connectivity index (χ4n) is 2.88. The number of carbonyl (C=O) groups excluding carboxylic acids is 1. The van der Waals surface area contributed by atoms with E-state index in [1.807, 2.05) is 12.1 Å². The third-order valence-electron chi connectivity index (χ3n) is 4.05. The summed E-state index contributed by atoms with van der Waals surface area (Å²) in [7, 11) is 1.57. The van der Waals surface area contributed by atoms with E-state index in [-0.39, 0.29) is 18.6 Å². The van der Waals surface area contributed by atoms with Crippen LogP contribution in [0.15, 0.2) is 42.7 Å². The van der Waals surface area contributed by atoms with Crippen molar-refractivity contribution in [2.75, 3.05) is 31.7 Å². The quantitative estimate of drug-likeness (QED) is 0.860. The zero-order chi connectivity index (χ0) is 17.5.